The third-order valence-electron chi connectivity index (χ3n) is 2.47. The van der Waals surface area contributed by atoms with Crippen molar-refractivity contribution < 1.29 is 9.90 Å². The predicted molar refractivity (Wildman–Crippen MR) is 68.1 cm³/mol. The minimum absolute atomic E-state index is 0.0364. The van der Waals surface area contributed by atoms with Gasteiger partial charge >= 0.3 is 5.97 Å². The smallest absolute Gasteiger partial charge is 0.337 e. The topological polar surface area (TPSA) is 67.5 Å². The summed E-state index contributed by atoms with van der Waals surface area (Å²) in [7, 11) is 0. The molecule has 96 valence electrons. The first kappa shape index (κ1) is 12.8. The van der Waals surface area contributed by atoms with Crippen molar-refractivity contribution in [3.05, 3.63) is 28.7 Å². The van der Waals surface area contributed by atoms with E-state index < -0.39 is 5.97 Å². The molecule has 18 heavy (non-hydrogen) atoms. The van der Waals surface area contributed by atoms with Gasteiger partial charge in [-0.2, -0.15) is 0 Å². The molecular formula is C12H14ClN3O2. The van der Waals surface area contributed by atoms with E-state index in [0.29, 0.717) is 22.9 Å². The number of hydrogen-bond acceptors (Lipinski definition) is 3. The fourth-order valence-electron chi connectivity index (χ4n) is 1.71. The van der Waals surface area contributed by atoms with Crippen molar-refractivity contribution in [2.24, 2.45) is 5.41 Å². The van der Waals surface area contributed by atoms with Gasteiger partial charge in [-0.3, -0.25) is 4.40 Å². The van der Waals surface area contributed by atoms with Crippen LogP contribution in [0, 0.1) is 5.41 Å². The summed E-state index contributed by atoms with van der Waals surface area (Å²) in [4.78, 5) is 11.0. The molecule has 0 aliphatic carbocycles. The number of nitrogens with zero attached hydrogens (tertiary/aromatic N) is 3. The number of hydrogen-bond donors (Lipinski definition) is 1. The highest BCUT2D eigenvalue weighted by Gasteiger charge is 2.18. The summed E-state index contributed by atoms with van der Waals surface area (Å²) < 4.78 is 1.65. The zero-order valence-corrected chi connectivity index (χ0v) is 11.2. The van der Waals surface area contributed by atoms with Crippen molar-refractivity contribution in [2.75, 3.05) is 0 Å². The number of aromatic carboxylic acids is 1. The zero-order chi connectivity index (χ0) is 13.5. The molecular weight excluding hydrogens is 254 g/mol. The Labute approximate surface area is 109 Å². The van der Waals surface area contributed by atoms with Gasteiger partial charge in [-0.05, 0) is 11.5 Å². The Bertz CT molecular complexity index is 614. The summed E-state index contributed by atoms with van der Waals surface area (Å²) in [5, 5.41) is 17.4. The van der Waals surface area contributed by atoms with Crippen LogP contribution in [0.1, 0.15) is 37.0 Å². The predicted octanol–water partition coefficient (Wildman–Crippen LogP) is 2.67. The van der Waals surface area contributed by atoms with E-state index in [2.05, 4.69) is 31.0 Å². The summed E-state index contributed by atoms with van der Waals surface area (Å²) in [6.07, 6.45) is 2.19. The lowest BCUT2D eigenvalue weighted by Crippen LogP contribution is -2.12. The largest absolute Gasteiger partial charge is 0.478 e. The van der Waals surface area contributed by atoms with E-state index in [9.17, 15) is 4.79 Å². The van der Waals surface area contributed by atoms with Gasteiger partial charge in [0.2, 0.25) is 0 Å². The number of halogens is 1. The van der Waals surface area contributed by atoms with E-state index in [1.54, 1.807) is 4.40 Å². The van der Waals surface area contributed by atoms with Gasteiger partial charge in [-0.25, -0.2) is 4.79 Å². The van der Waals surface area contributed by atoms with Crippen molar-refractivity contribution in [3.8, 4) is 0 Å². The number of pyridine rings is 1. The Kier molecular flexibility index (Phi) is 3.02. The number of carboxylic acids is 1. The Balaban J connectivity index is 2.60. The molecule has 0 saturated carbocycles. The maximum atomic E-state index is 11.0. The van der Waals surface area contributed by atoms with Crippen molar-refractivity contribution in [1.29, 1.82) is 0 Å². The molecule has 2 aromatic heterocycles. The minimum atomic E-state index is -1.02. The molecule has 1 N–H and O–H groups in total. The van der Waals surface area contributed by atoms with E-state index >= 15 is 0 Å². The van der Waals surface area contributed by atoms with Gasteiger partial charge in [0.05, 0.1) is 10.6 Å². The van der Waals surface area contributed by atoms with E-state index in [-0.39, 0.29) is 11.0 Å². The van der Waals surface area contributed by atoms with Gasteiger partial charge < -0.3 is 5.11 Å². The first-order chi connectivity index (χ1) is 8.28. The maximum Gasteiger partial charge on any atom is 0.337 e. The molecule has 6 heteroatoms. The van der Waals surface area contributed by atoms with Crippen LogP contribution in [-0.2, 0) is 6.42 Å². The Hall–Kier alpha value is -1.62. The van der Waals surface area contributed by atoms with Gasteiger partial charge in [0.1, 0.15) is 5.82 Å². The highest BCUT2D eigenvalue weighted by Crippen LogP contribution is 2.23. The first-order valence-electron chi connectivity index (χ1n) is 5.54. The molecule has 5 nitrogen and oxygen atoms in total. The SMILES string of the molecule is CC(C)(C)Cc1nnc2c(Cl)cc(C(=O)O)cn12. The average molecular weight is 268 g/mol. The number of fused-ring (bicyclic) bond motifs is 1. The summed E-state index contributed by atoms with van der Waals surface area (Å²) in [6, 6.07) is 1.38. The molecule has 0 atom stereocenters. The molecule has 2 heterocycles. The molecule has 0 bridgehead atoms. The lowest BCUT2D eigenvalue weighted by atomic mass is 9.92. The fourth-order valence-corrected chi connectivity index (χ4v) is 1.96. The molecule has 2 rings (SSSR count). The van der Waals surface area contributed by atoms with E-state index in [4.69, 9.17) is 16.7 Å². The quantitative estimate of drug-likeness (QED) is 0.908. The maximum absolute atomic E-state index is 11.0. The van der Waals surface area contributed by atoms with Crippen molar-refractivity contribution in [3.63, 3.8) is 0 Å². The molecule has 0 radical (unpaired) electrons. The van der Waals surface area contributed by atoms with Crippen molar-refractivity contribution in [1.82, 2.24) is 14.6 Å². The fraction of sp³-hybridized carbons (Fsp3) is 0.417. The van der Waals surface area contributed by atoms with Crippen LogP contribution in [0.4, 0.5) is 0 Å². The zero-order valence-electron chi connectivity index (χ0n) is 10.4. The average Bonchev–Trinajstić information content (AvgIpc) is 2.59. The van der Waals surface area contributed by atoms with Gasteiger partial charge in [-0.1, -0.05) is 32.4 Å². The standard InChI is InChI=1S/C12H14ClN3O2/c1-12(2,3)5-9-14-15-10-8(13)4-7(11(17)18)6-16(9)10/h4,6H,5H2,1-3H3,(H,17,18). The molecule has 0 aliphatic heterocycles. The number of carbonyl (C=O) groups is 1. The second kappa shape index (κ2) is 4.24. The van der Waals surface area contributed by atoms with Crippen LogP contribution in [0.5, 0.6) is 0 Å². The van der Waals surface area contributed by atoms with Crippen LogP contribution in [0.25, 0.3) is 5.65 Å². The van der Waals surface area contributed by atoms with Crippen LogP contribution in [0.15, 0.2) is 12.3 Å². The second-order valence-electron chi connectivity index (χ2n) is 5.43. The Morgan fingerprint density at radius 2 is 2.11 bits per heavy atom. The van der Waals surface area contributed by atoms with Crippen LogP contribution >= 0.6 is 11.6 Å². The minimum Gasteiger partial charge on any atom is -0.478 e. The molecule has 0 saturated heterocycles. The summed E-state index contributed by atoms with van der Waals surface area (Å²) >= 11 is 6.00. The Morgan fingerprint density at radius 1 is 1.44 bits per heavy atom. The van der Waals surface area contributed by atoms with E-state index in [1.165, 1.54) is 12.3 Å². The summed E-state index contributed by atoms with van der Waals surface area (Å²) in [5.41, 5.74) is 0.651. The third-order valence-corrected chi connectivity index (χ3v) is 2.74. The van der Waals surface area contributed by atoms with Crippen LogP contribution in [-0.4, -0.2) is 25.7 Å². The number of rotatable bonds is 2. The highest BCUT2D eigenvalue weighted by molar-refractivity contribution is 6.33. The van der Waals surface area contributed by atoms with Crippen LogP contribution in [0.3, 0.4) is 0 Å². The molecule has 0 unspecified atom stereocenters. The highest BCUT2D eigenvalue weighted by atomic mass is 35.5. The van der Waals surface area contributed by atoms with Gasteiger partial charge in [0, 0.05) is 12.6 Å². The Morgan fingerprint density at radius 3 is 2.67 bits per heavy atom. The van der Waals surface area contributed by atoms with Gasteiger partial charge in [0.25, 0.3) is 0 Å². The lowest BCUT2D eigenvalue weighted by Gasteiger charge is -2.16. The summed E-state index contributed by atoms with van der Waals surface area (Å²) in [5.74, 6) is -0.309. The second-order valence-corrected chi connectivity index (χ2v) is 5.84. The molecule has 0 aliphatic rings. The van der Waals surface area contributed by atoms with Crippen molar-refractivity contribution in [2.45, 2.75) is 27.2 Å². The molecule has 0 amide bonds. The van der Waals surface area contributed by atoms with Gasteiger partial charge in [-0.15, -0.1) is 10.2 Å². The van der Waals surface area contributed by atoms with E-state index in [1.807, 2.05) is 0 Å². The monoisotopic (exact) mass is 267 g/mol. The molecule has 2 aromatic rings. The molecule has 0 spiro atoms. The lowest BCUT2D eigenvalue weighted by molar-refractivity contribution is 0.0696. The molecule has 0 fully saturated rings. The number of aromatic nitrogens is 3. The van der Waals surface area contributed by atoms with Crippen molar-refractivity contribution >= 4 is 23.2 Å². The molecule has 0 aromatic carbocycles. The third kappa shape index (κ3) is 2.46. The first-order valence-corrected chi connectivity index (χ1v) is 5.92. The number of carboxylic acid groups (broad SMARTS) is 1. The normalized spacial score (nSPS) is 12.0. The van der Waals surface area contributed by atoms with Gasteiger partial charge in [0.15, 0.2) is 5.65 Å². The van der Waals surface area contributed by atoms with E-state index in [0.717, 1.165) is 0 Å². The van der Waals surface area contributed by atoms with Crippen LogP contribution < -0.4 is 0 Å². The van der Waals surface area contributed by atoms with Crippen LogP contribution in [0.2, 0.25) is 5.02 Å². The summed E-state index contributed by atoms with van der Waals surface area (Å²) in [6.45, 7) is 6.24.